The van der Waals surface area contributed by atoms with Crippen LogP contribution in [0, 0.1) is 10.8 Å². The number of likely N-dealkylation sites (tertiary alicyclic amines) is 6. The Morgan fingerprint density at radius 1 is 0.474 bits per heavy atom. The summed E-state index contributed by atoms with van der Waals surface area (Å²) in [5, 5.41) is 5.35. The van der Waals surface area contributed by atoms with Crippen molar-refractivity contribution in [2.75, 3.05) is 127 Å². The average Bonchev–Trinajstić information content (AvgIpc) is 0.842. The lowest BCUT2D eigenvalue weighted by Gasteiger charge is -2.44. The van der Waals surface area contributed by atoms with Gasteiger partial charge >= 0.3 is 48.5 Å². The highest BCUT2D eigenvalue weighted by Crippen LogP contribution is 2.42. The van der Waals surface area contributed by atoms with E-state index in [0.717, 1.165) is 99.3 Å². The number of anilines is 4. The van der Waals surface area contributed by atoms with Gasteiger partial charge in [0.1, 0.15) is 0 Å². The van der Waals surface area contributed by atoms with Gasteiger partial charge in [-0.3, -0.25) is 19.2 Å². The van der Waals surface area contributed by atoms with E-state index in [2.05, 4.69) is 27.4 Å². The molecule has 6 saturated heterocycles. The van der Waals surface area contributed by atoms with Crippen LogP contribution >= 0.6 is 23.2 Å². The van der Waals surface area contributed by atoms with Crippen molar-refractivity contribution < 1.29 is 83.6 Å². The number of hydrogen-bond donors (Lipinski definition) is 4. The summed E-state index contributed by atoms with van der Waals surface area (Å²) in [6.45, 7) is 15.5. The molecule has 8 aliphatic heterocycles. The Bertz CT molecular complexity index is 4100. The first-order valence-electron chi connectivity index (χ1n) is 41.3. The predicted octanol–water partition coefficient (Wildman–Crippen LogP) is 14.7. The van der Waals surface area contributed by atoms with Crippen LogP contribution < -0.4 is 22.1 Å². The molecule has 0 spiro atoms. The first-order valence-corrected chi connectivity index (χ1v) is 42.0. The minimum Gasteiger partial charge on any atom is -0.465 e. The van der Waals surface area contributed by atoms with Crippen molar-refractivity contribution in [2.45, 2.75) is 218 Å². The molecule has 6 fully saturated rings. The lowest BCUT2D eigenvalue weighted by atomic mass is 9.79. The molecule has 2 atom stereocenters. The molecular weight excluding hydrogens is 1550 g/mol. The topological polar surface area (TPSA) is 276 Å². The van der Waals surface area contributed by atoms with Gasteiger partial charge < -0.3 is 80.2 Å². The molecule has 0 unspecified atom stereocenters. The summed E-state index contributed by atoms with van der Waals surface area (Å²) in [4.78, 5) is 122. The number of ether oxygens (including phenoxy) is 4. The molecule has 0 bridgehead atoms. The SMILES string of the molecule is CCCCCCOC(=O)C1(C)CCN(C2CCN(C(=O)[C@@H](Cc3cc(Cl)c(N)c(C(F)(F)F)c3)OC(=O)N3CCC(N4CCc5ccccc5NC4=O)CC3)CC2)CC1.CCCCOC(=O)C1(C)CCN(C2CCN(C(=O)[C@@H](Cc3cc(Cl)c(N)c(C(F)(F)F)c3)OC(=O)N3CCC(N4CCc5ccccc5NC4=O)CC3)CC2)CC1. The minimum absolute atomic E-state index is 0.0547. The molecule has 0 aromatic heterocycles. The van der Waals surface area contributed by atoms with Crippen LogP contribution in [-0.4, -0.2) is 228 Å². The van der Waals surface area contributed by atoms with Crippen LogP contribution in [0.1, 0.15) is 177 Å². The number of nitrogens with zero attached hydrogens (tertiary/aromatic N) is 8. The lowest BCUT2D eigenvalue weighted by Crippen LogP contribution is -2.54. The van der Waals surface area contributed by atoms with E-state index >= 15 is 0 Å². The maximum atomic E-state index is 14.2. The molecule has 116 heavy (non-hydrogen) atoms. The van der Waals surface area contributed by atoms with Gasteiger partial charge in [-0.05, 0) is 201 Å². The monoisotopic (exact) mass is 1660 g/mol. The van der Waals surface area contributed by atoms with Gasteiger partial charge in [-0.25, -0.2) is 19.2 Å². The molecular formula is C84H112Cl2F6N12O12. The van der Waals surface area contributed by atoms with E-state index in [1.165, 1.54) is 21.9 Å². The van der Waals surface area contributed by atoms with Gasteiger partial charge in [-0.2, -0.15) is 26.3 Å². The largest absolute Gasteiger partial charge is 0.465 e. The number of alkyl halides is 6. The third-order valence-electron chi connectivity index (χ3n) is 24.8. The predicted molar refractivity (Wildman–Crippen MR) is 429 cm³/mol. The number of carbonyl (C=O) groups is 8. The number of nitrogens with one attached hydrogen (secondary N) is 2. The lowest BCUT2D eigenvalue weighted by molar-refractivity contribution is -0.159. The van der Waals surface area contributed by atoms with E-state index in [0.29, 0.717) is 142 Å². The second-order valence-electron chi connectivity index (χ2n) is 32.7. The van der Waals surface area contributed by atoms with Gasteiger partial charge in [0.15, 0.2) is 12.2 Å². The zero-order chi connectivity index (χ0) is 83.2. The van der Waals surface area contributed by atoms with E-state index < -0.39 is 81.9 Å². The fourth-order valence-electron chi connectivity index (χ4n) is 17.3. The molecule has 0 saturated carbocycles. The Labute approximate surface area is 685 Å². The molecule has 4 aromatic rings. The highest BCUT2D eigenvalue weighted by Gasteiger charge is 2.46. The third-order valence-corrected chi connectivity index (χ3v) is 25.4. The summed E-state index contributed by atoms with van der Waals surface area (Å²) in [5.74, 6) is -1.29. The maximum absolute atomic E-state index is 14.2. The molecule has 0 radical (unpaired) electrons. The number of urea groups is 2. The van der Waals surface area contributed by atoms with Gasteiger partial charge in [0, 0.05) is 114 Å². The highest BCUT2D eigenvalue weighted by atomic mass is 35.5. The van der Waals surface area contributed by atoms with Crippen LogP contribution in [-0.2, 0) is 76.2 Å². The number of esters is 2. The second kappa shape index (κ2) is 39.4. The Morgan fingerprint density at radius 2 is 0.819 bits per heavy atom. The summed E-state index contributed by atoms with van der Waals surface area (Å²) in [5.41, 5.74) is 10.6. The molecule has 32 heteroatoms. The number of piperidine rings is 6. The van der Waals surface area contributed by atoms with Crippen LogP contribution in [0.15, 0.2) is 72.8 Å². The fraction of sp³-hybridized carbons (Fsp3) is 0.619. The number of carbonyl (C=O) groups excluding carboxylic acids is 8. The summed E-state index contributed by atoms with van der Waals surface area (Å²) in [7, 11) is 0. The molecule has 636 valence electrons. The first kappa shape index (κ1) is 88.3. The van der Waals surface area contributed by atoms with Gasteiger partial charge in [0.25, 0.3) is 11.8 Å². The molecule has 12 rings (SSSR count). The Morgan fingerprint density at radius 3 is 1.18 bits per heavy atom. The number of nitrogen functional groups attached to an aromatic ring is 2. The van der Waals surface area contributed by atoms with Crippen molar-refractivity contribution in [3.05, 3.63) is 116 Å². The Hall–Kier alpha value is -8.48. The fourth-order valence-corrected chi connectivity index (χ4v) is 17.7. The number of amides is 8. The smallest absolute Gasteiger partial charge is 0.418 e. The number of fused-ring (bicyclic) bond motifs is 2. The summed E-state index contributed by atoms with van der Waals surface area (Å²) in [6, 6.07) is 19.3. The molecule has 8 aliphatic rings. The van der Waals surface area contributed by atoms with Crippen molar-refractivity contribution in [1.29, 1.82) is 0 Å². The van der Waals surface area contributed by atoms with E-state index in [4.69, 9.17) is 53.6 Å². The molecule has 0 aliphatic carbocycles. The number of halogens is 8. The zero-order valence-electron chi connectivity index (χ0n) is 66.9. The van der Waals surface area contributed by atoms with Crippen LogP contribution in [0.2, 0.25) is 10.0 Å². The van der Waals surface area contributed by atoms with E-state index in [1.54, 1.807) is 19.6 Å². The van der Waals surface area contributed by atoms with Crippen LogP contribution in [0.25, 0.3) is 0 Å². The Balaban J connectivity index is 0.000000228. The van der Waals surface area contributed by atoms with Crippen molar-refractivity contribution in [3.63, 3.8) is 0 Å². The molecule has 6 N–H and O–H groups in total. The van der Waals surface area contributed by atoms with Crippen LogP contribution in [0.5, 0.6) is 0 Å². The number of para-hydroxylation sites is 2. The molecule has 8 heterocycles. The quantitative estimate of drug-likeness (QED) is 0.0187. The van der Waals surface area contributed by atoms with Gasteiger partial charge in [-0.1, -0.05) is 99.1 Å². The van der Waals surface area contributed by atoms with Crippen molar-refractivity contribution in [1.82, 2.24) is 39.2 Å². The summed E-state index contributed by atoms with van der Waals surface area (Å²) < 4.78 is 106. The number of unbranched alkanes of at least 4 members (excludes halogenated alkanes) is 4. The van der Waals surface area contributed by atoms with Crippen molar-refractivity contribution >= 4 is 94.0 Å². The third kappa shape index (κ3) is 22.3. The zero-order valence-corrected chi connectivity index (χ0v) is 68.4. The molecule has 4 aromatic carbocycles. The van der Waals surface area contributed by atoms with Crippen molar-refractivity contribution in [2.24, 2.45) is 10.8 Å². The second-order valence-corrected chi connectivity index (χ2v) is 33.5. The summed E-state index contributed by atoms with van der Waals surface area (Å²) >= 11 is 12.3. The van der Waals surface area contributed by atoms with E-state index in [9.17, 15) is 64.7 Å². The van der Waals surface area contributed by atoms with Gasteiger partial charge in [-0.15, -0.1) is 0 Å². The normalized spacial score (nSPS) is 20.2. The minimum atomic E-state index is -4.79. The number of hydrogen-bond acceptors (Lipinski definition) is 16. The van der Waals surface area contributed by atoms with Crippen molar-refractivity contribution in [3.8, 4) is 0 Å². The van der Waals surface area contributed by atoms with Gasteiger partial charge in [0.05, 0.1) is 56.6 Å². The number of benzene rings is 4. The number of nitrogens with two attached hydrogens (primary N) is 2. The Kier molecular flexibility index (Phi) is 30.0. The summed E-state index contributed by atoms with van der Waals surface area (Å²) in [6.07, 6.45) is 0.00626. The van der Waals surface area contributed by atoms with Crippen LogP contribution in [0.3, 0.4) is 0 Å². The number of rotatable bonds is 22. The molecule has 24 nitrogen and oxygen atoms in total. The molecule has 8 amide bonds. The maximum Gasteiger partial charge on any atom is 0.418 e. The van der Waals surface area contributed by atoms with E-state index in [1.807, 2.05) is 69.3 Å². The average molecular weight is 1670 g/mol. The first-order chi connectivity index (χ1) is 55.3. The standard InChI is InChI=1S/C43H58ClF3N6O6.C41H54ClF3N6O6/c1-3-4-5-8-25-58-39(55)42(2)16-23-50(24-17-42)31-12-18-51(19-13-31)38(54)36(28-29-26-33(43(45,46)47)37(48)34(44)27-29)59-41(57)52-20-14-32(15-21-52)53-22-11-30-9-6-7-10-35(30)49-40(53)56;1-3-4-23-56-37(53)40(2)14-21-48(22-15-40)29-10-16-49(17-11-29)36(52)34(26-27-24-31(41(43,44)45)35(46)32(42)25-27)57-39(55)50-18-12-30(13-19-50)51-20-9-28-7-5-6-8-33(28)47-38(51)54/h6-7,9-10,26-27,31-32,36H,3-5,8,11-25,28,48H2,1-2H3,(H,49,56);5-8,24-25,29-30,34H,3-4,9-23,26,46H2,1-2H3,(H,47,54)/t36-;34-/m11/s1. The highest BCUT2D eigenvalue weighted by molar-refractivity contribution is 6.33. The van der Waals surface area contributed by atoms with Crippen LogP contribution in [0.4, 0.5) is 68.3 Å². The van der Waals surface area contributed by atoms with Gasteiger partial charge in [0.2, 0.25) is 0 Å². The van der Waals surface area contributed by atoms with E-state index in [-0.39, 0.29) is 108 Å².